The van der Waals surface area contributed by atoms with Gasteiger partial charge >= 0.3 is 5.97 Å². The number of esters is 1. The maximum absolute atomic E-state index is 12.9. The molecule has 0 aliphatic carbocycles. The SMILES string of the molecule is COC(=O)c1c(C(F)F)nc2ccccc2c1N. The number of nitrogens with two attached hydrogens (primary N) is 1. The lowest BCUT2D eigenvalue weighted by molar-refractivity contribution is 0.0589. The van der Waals surface area contributed by atoms with Crippen LogP contribution in [0.3, 0.4) is 0 Å². The summed E-state index contributed by atoms with van der Waals surface area (Å²) < 4.78 is 30.3. The van der Waals surface area contributed by atoms with Crippen LogP contribution in [0.5, 0.6) is 0 Å². The van der Waals surface area contributed by atoms with Gasteiger partial charge in [0.2, 0.25) is 0 Å². The minimum Gasteiger partial charge on any atom is -0.465 e. The van der Waals surface area contributed by atoms with Crippen molar-refractivity contribution in [1.82, 2.24) is 4.98 Å². The van der Waals surface area contributed by atoms with Gasteiger partial charge in [0.25, 0.3) is 6.43 Å². The summed E-state index contributed by atoms with van der Waals surface area (Å²) in [6.07, 6.45) is -2.90. The first-order chi connectivity index (χ1) is 8.56. The second-order valence-corrected chi connectivity index (χ2v) is 3.60. The zero-order valence-corrected chi connectivity index (χ0v) is 9.48. The highest BCUT2D eigenvalue weighted by atomic mass is 19.3. The first kappa shape index (κ1) is 12.2. The monoisotopic (exact) mass is 252 g/mol. The fourth-order valence-corrected chi connectivity index (χ4v) is 1.73. The van der Waals surface area contributed by atoms with Crippen LogP contribution in [0.1, 0.15) is 22.5 Å². The molecule has 0 saturated carbocycles. The van der Waals surface area contributed by atoms with Gasteiger partial charge in [0, 0.05) is 5.39 Å². The first-order valence-electron chi connectivity index (χ1n) is 5.10. The van der Waals surface area contributed by atoms with Crippen molar-refractivity contribution in [1.29, 1.82) is 0 Å². The molecule has 1 aromatic carbocycles. The summed E-state index contributed by atoms with van der Waals surface area (Å²) in [6.45, 7) is 0. The zero-order chi connectivity index (χ0) is 13.3. The van der Waals surface area contributed by atoms with E-state index in [-0.39, 0.29) is 11.3 Å². The third-order valence-electron chi connectivity index (χ3n) is 2.56. The molecule has 6 heteroatoms. The van der Waals surface area contributed by atoms with Crippen molar-refractivity contribution in [2.24, 2.45) is 0 Å². The zero-order valence-electron chi connectivity index (χ0n) is 9.48. The molecule has 94 valence electrons. The van der Waals surface area contributed by atoms with Crippen molar-refractivity contribution < 1.29 is 18.3 Å². The van der Waals surface area contributed by atoms with Gasteiger partial charge in [0.05, 0.1) is 18.3 Å². The summed E-state index contributed by atoms with van der Waals surface area (Å²) in [7, 11) is 1.10. The van der Waals surface area contributed by atoms with Crippen LogP contribution >= 0.6 is 0 Å². The van der Waals surface area contributed by atoms with Crippen LogP contribution in [0, 0.1) is 0 Å². The number of nitrogen functional groups attached to an aromatic ring is 1. The molecule has 0 spiro atoms. The molecular formula is C12H10F2N2O2. The molecule has 0 radical (unpaired) electrons. The van der Waals surface area contributed by atoms with Gasteiger partial charge in [-0.15, -0.1) is 0 Å². The van der Waals surface area contributed by atoms with Gasteiger partial charge in [-0.05, 0) is 6.07 Å². The number of carbonyl (C=O) groups excluding carboxylic acids is 1. The van der Waals surface area contributed by atoms with E-state index in [4.69, 9.17) is 5.73 Å². The molecule has 0 unspecified atom stereocenters. The number of alkyl halides is 2. The van der Waals surface area contributed by atoms with Crippen LogP contribution in [0.15, 0.2) is 24.3 Å². The van der Waals surface area contributed by atoms with Crippen LogP contribution in [-0.2, 0) is 4.74 Å². The number of aromatic nitrogens is 1. The number of rotatable bonds is 2. The fraction of sp³-hybridized carbons (Fsp3) is 0.167. The molecule has 0 fully saturated rings. The molecule has 0 saturated heterocycles. The molecule has 0 aliphatic heterocycles. The number of methoxy groups -OCH3 is 1. The van der Waals surface area contributed by atoms with Gasteiger partial charge in [-0.1, -0.05) is 18.2 Å². The Balaban J connectivity index is 2.84. The molecule has 2 rings (SSSR count). The van der Waals surface area contributed by atoms with E-state index >= 15 is 0 Å². The Morgan fingerprint density at radius 1 is 1.39 bits per heavy atom. The van der Waals surface area contributed by atoms with Gasteiger partial charge in [0.15, 0.2) is 0 Å². The minimum absolute atomic E-state index is 0.0391. The van der Waals surface area contributed by atoms with E-state index < -0.39 is 18.1 Å². The highest BCUT2D eigenvalue weighted by Crippen LogP contribution is 2.31. The molecular weight excluding hydrogens is 242 g/mol. The second-order valence-electron chi connectivity index (χ2n) is 3.60. The molecule has 1 heterocycles. The number of pyridine rings is 1. The van der Waals surface area contributed by atoms with Crippen molar-refractivity contribution in [2.45, 2.75) is 6.43 Å². The normalized spacial score (nSPS) is 10.9. The average molecular weight is 252 g/mol. The molecule has 0 bridgehead atoms. The Morgan fingerprint density at radius 2 is 2.06 bits per heavy atom. The number of benzene rings is 1. The number of carbonyl (C=O) groups is 1. The Labute approximate surface area is 101 Å². The number of hydrogen-bond donors (Lipinski definition) is 1. The Kier molecular flexibility index (Phi) is 3.10. The van der Waals surface area contributed by atoms with Gasteiger partial charge in [-0.3, -0.25) is 0 Å². The summed E-state index contributed by atoms with van der Waals surface area (Å²) in [6, 6.07) is 6.50. The predicted octanol–water partition coefficient (Wildman–Crippen LogP) is 2.54. The second kappa shape index (κ2) is 4.56. The van der Waals surface area contributed by atoms with Crippen LogP contribution in [0.2, 0.25) is 0 Å². The van der Waals surface area contributed by atoms with Crippen molar-refractivity contribution >= 4 is 22.6 Å². The Hall–Kier alpha value is -2.24. The Morgan fingerprint density at radius 3 is 2.67 bits per heavy atom. The van der Waals surface area contributed by atoms with E-state index in [0.29, 0.717) is 10.9 Å². The molecule has 4 nitrogen and oxygen atoms in total. The highest BCUT2D eigenvalue weighted by Gasteiger charge is 2.25. The quantitative estimate of drug-likeness (QED) is 0.834. The smallest absolute Gasteiger partial charge is 0.342 e. The lowest BCUT2D eigenvalue weighted by Crippen LogP contribution is -2.12. The summed E-state index contributed by atoms with van der Waals surface area (Å²) in [5.41, 5.74) is 5.01. The number of ether oxygens (including phenoxy) is 1. The maximum atomic E-state index is 12.9. The molecule has 2 N–H and O–H groups in total. The Bertz CT molecular complexity index is 614. The average Bonchev–Trinajstić information content (AvgIpc) is 2.37. The van der Waals surface area contributed by atoms with Crippen molar-refractivity contribution in [2.75, 3.05) is 12.8 Å². The highest BCUT2D eigenvalue weighted by molar-refractivity contribution is 6.05. The van der Waals surface area contributed by atoms with Crippen LogP contribution < -0.4 is 5.73 Å². The van der Waals surface area contributed by atoms with Crippen molar-refractivity contribution in [3.8, 4) is 0 Å². The van der Waals surface area contributed by atoms with Crippen LogP contribution in [-0.4, -0.2) is 18.1 Å². The molecule has 0 amide bonds. The van der Waals surface area contributed by atoms with Crippen molar-refractivity contribution in [3.63, 3.8) is 0 Å². The summed E-state index contributed by atoms with van der Waals surface area (Å²) in [4.78, 5) is 15.3. The van der Waals surface area contributed by atoms with Crippen LogP contribution in [0.25, 0.3) is 10.9 Å². The number of anilines is 1. The summed E-state index contributed by atoms with van der Waals surface area (Å²) >= 11 is 0. The van der Waals surface area contributed by atoms with E-state index in [2.05, 4.69) is 9.72 Å². The predicted molar refractivity (Wildman–Crippen MR) is 62.5 cm³/mol. The van der Waals surface area contributed by atoms with Gasteiger partial charge < -0.3 is 10.5 Å². The minimum atomic E-state index is -2.90. The van der Waals surface area contributed by atoms with Gasteiger partial charge in [-0.2, -0.15) is 0 Å². The van der Waals surface area contributed by atoms with Crippen LogP contribution in [0.4, 0.5) is 14.5 Å². The number of nitrogens with zero attached hydrogens (tertiary/aromatic N) is 1. The van der Waals surface area contributed by atoms with E-state index in [0.717, 1.165) is 7.11 Å². The number of halogens is 2. The van der Waals surface area contributed by atoms with E-state index in [1.807, 2.05) is 0 Å². The molecule has 2 aromatic rings. The topological polar surface area (TPSA) is 65.2 Å². The van der Waals surface area contributed by atoms with Gasteiger partial charge in [-0.25, -0.2) is 18.6 Å². The third kappa shape index (κ3) is 1.85. The first-order valence-corrected chi connectivity index (χ1v) is 5.10. The lowest BCUT2D eigenvalue weighted by atomic mass is 10.1. The summed E-state index contributed by atoms with van der Waals surface area (Å²) in [5.74, 6) is -0.916. The number of para-hydroxylation sites is 1. The lowest BCUT2D eigenvalue weighted by Gasteiger charge is -2.11. The number of hydrogen-bond acceptors (Lipinski definition) is 4. The third-order valence-corrected chi connectivity index (χ3v) is 2.56. The largest absolute Gasteiger partial charge is 0.465 e. The van der Waals surface area contributed by atoms with E-state index in [1.165, 1.54) is 0 Å². The molecule has 18 heavy (non-hydrogen) atoms. The van der Waals surface area contributed by atoms with E-state index in [1.54, 1.807) is 24.3 Å². The summed E-state index contributed by atoms with van der Waals surface area (Å²) in [5, 5.41) is 0.447. The molecule has 0 aliphatic rings. The van der Waals surface area contributed by atoms with Gasteiger partial charge in [0.1, 0.15) is 11.3 Å². The van der Waals surface area contributed by atoms with E-state index in [9.17, 15) is 13.6 Å². The molecule has 1 aromatic heterocycles. The molecule has 0 atom stereocenters. The number of fused-ring (bicyclic) bond motifs is 1. The fourth-order valence-electron chi connectivity index (χ4n) is 1.73. The standard InChI is InChI=1S/C12H10F2N2O2/c1-18-12(17)8-9(15)6-4-2-3-5-7(6)16-10(8)11(13)14/h2-5,11H,1H3,(H2,15,16). The maximum Gasteiger partial charge on any atom is 0.342 e. The van der Waals surface area contributed by atoms with Crippen molar-refractivity contribution in [3.05, 3.63) is 35.5 Å².